The number of hydrogen-bond donors (Lipinski definition) is 0. The SMILES string of the molecule is O=C1CCCCC(c2ccoc2)C1. The summed E-state index contributed by atoms with van der Waals surface area (Å²) in [6, 6.07) is 1.98. The van der Waals surface area contributed by atoms with Gasteiger partial charge < -0.3 is 4.42 Å². The molecule has 0 aliphatic heterocycles. The summed E-state index contributed by atoms with van der Waals surface area (Å²) >= 11 is 0. The maximum atomic E-state index is 11.4. The molecule has 1 aromatic rings. The summed E-state index contributed by atoms with van der Waals surface area (Å²) in [4.78, 5) is 11.4. The van der Waals surface area contributed by atoms with E-state index in [0.29, 0.717) is 18.1 Å². The summed E-state index contributed by atoms with van der Waals surface area (Å²) in [6.45, 7) is 0. The predicted octanol–water partition coefficient (Wildman–Crippen LogP) is 2.90. The Labute approximate surface area is 77.9 Å². The highest BCUT2D eigenvalue weighted by Gasteiger charge is 2.19. The lowest BCUT2D eigenvalue weighted by Gasteiger charge is -2.09. The van der Waals surface area contributed by atoms with E-state index in [0.717, 1.165) is 19.3 Å². The molecule has 1 fully saturated rings. The fourth-order valence-electron chi connectivity index (χ4n) is 1.98. The van der Waals surface area contributed by atoms with Crippen molar-refractivity contribution >= 4 is 5.78 Å². The molecule has 1 heterocycles. The first-order valence-corrected chi connectivity index (χ1v) is 4.90. The fourth-order valence-corrected chi connectivity index (χ4v) is 1.98. The number of carbonyl (C=O) groups is 1. The maximum absolute atomic E-state index is 11.4. The first-order chi connectivity index (χ1) is 6.36. The third-order valence-electron chi connectivity index (χ3n) is 2.75. The second kappa shape index (κ2) is 3.77. The Kier molecular flexibility index (Phi) is 2.48. The van der Waals surface area contributed by atoms with E-state index in [1.54, 1.807) is 12.5 Å². The van der Waals surface area contributed by atoms with Crippen LogP contribution >= 0.6 is 0 Å². The molecule has 0 N–H and O–H groups in total. The minimum Gasteiger partial charge on any atom is -0.472 e. The minimum absolute atomic E-state index is 0.406. The molecule has 70 valence electrons. The number of Topliss-reactive ketones (excluding diaryl/α,β-unsaturated/α-hetero) is 1. The van der Waals surface area contributed by atoms with Crippen LogP contribution in [0, 0.1) is 0 Å². The Hall–Kier alpha value is -1.05. The van der Waals surface area contributed by atoms with E-state index in [1.165, 1.54) is 12.0 Å². The van der Waals surface area contributed by atoms with Crippen molar-refractivity contribution in [3.05, 3.63) is 24.2 Å². The van der Waals surface area contributed by atoms with Gasteiger partial charge in [0.2, 0.25) is 0 Å². The van der Waals surface area contributed by atoms with Gasteiger partial charge in [-0.3, -0.25) is 4.79 Å². The first-order valence-electron chi connectivity index (χ1n) is 4.90. The fraction of sp³-hybridized carbons (Fsp3) is 0.545. The van der Waals surface area contributed by atoms with Crippen molar-refractivity contribution in [3.8, 4) is 0 Å². The van der Waals surface area contributed by atoms with Gasteiger partial charge in [0, 0.05) is 12.8 Å². The van der Waals surface area contributed by atoms with E-state index < -0.39 is 0 Å². The van der Waals surface area contributed by atoms with E-state index in [2.05, 4.69) is 0 Å². The Morgan fingerprint density at radius 3 is 3.08 bits per heavy atom. The topological polar surface area (TPSA) is 30.2 Å². The van der Waals surface area contributed by atoms with Crippen LogP contribution < -0.4 is 0 Å². The average Bonchev–Trinajstić information content (AvgIpc) is 2.56. The van der Waals surface area contributed by atoms with Crippen molar-refractivity contribution in [2.45, 2.75) is 38.0 Å². The quantitative estimate of drug-likeness (QED) is 0.619. The van der Waals surface area contributed by atoms with Gasteiger partial charge in [-0.05, 0) is 30.4 Å². The van der Waals surface area contributed by atoms with Crippen molar-refractivity contribution in [1.82, 2.24) is 0 Å². The summed E-state index contributed by atoms with van der Waals surface area (Å²) in [6.07, 6.45) is 8.29. The standard InChI is InChI=1S/C11H14O2/c12-11-4-2-1-3-9(7-11)10-5-6-13-8-10/h5-6,8-9H,1-4,7H2. The van der Waals surface area contributed by atoms with Crippen LogP contribution in [-0.4, -0.2) is 5.78 Å². The smallest absolute Gasteiger partial charge is 0.133 e. The van der Waals surface area contributed by atoms with E-state index >= 15 is 0 Å². The van der Waals surface area contributed by atoms with E-state index in [1.807, 2.05) is 6.07 Å². The molecule has 2 heteroatoms. The van der Waals surface area contributed by atoms with Crippen LogP contribution in [0.5, 0.6) is 0 Å². The molecule has 1 unspecified atom stereocenters. The molecule has 1 aromatic heterocycles. The third-order valence-corrected chi connectivity index (χ3v) is 2.75. The zero-order valence-corrected chi connectivity index (χ0v) is 7.66. The number of ketones is 1. The Morgan fingerprint density at radius 1 is 1.38 bits per heavy atom. The number of furan rings is 1. The summed E-state index contributed by atoms with van der Waals surface area (Å²) in [7, 11) is 0. The maximum Gasteiger partial charge on any atom is 0.133 e. The van der Waals surface area contributed by atoms with Crippen LogP contribution in [0.3, 0.4) is 0 Å². The van der Waals surface area contributed by atoms with Gasteiger partial charge in [0.05, 0.1) is 12.5 Å². The van der Waals surface area contributed by atoms with Crippen molar-refractivity contribution < 1.29 is 9.21 Å². The molecule has 2 rings (SSSR count). The molecule has 1 atom stereocenters. The largest absolute Gasteiger partial charge is 0.472 e. The highest BCUT2D eigenvalue weighted by atomic mass is 16.3. The van der Waals surface area contributed by atoms with Crippen LogP contribution in [0.1, 0.15) is 43.6 Å². The van der Waals surface area contributed by atoms with Gasteiger partial charge >= 0.3 is 0 Å². The molecular weight excluding hydrogens is 164 g/mol. The monoisotopic (exact) mass is 178 g/mol. The molecule has 1 aliphatic rings. The van der Waals surface area contributed by atoms with Crippen LogP contribution in [0.4, 0.5) is 0 Å². The highest BCUT2D eigenvalue weighted by molar-refractivity contribution is 5.79. The van der Waals surface area contributed by atoms with Gasteiger partial charge in [-0.25, -0.2) is 0 Å². The third kappa shape index (κ3) is 2.00. The lowest BCUT2D eigenvalue weighted by Crippen LogP contribution is -2.02. The highest BCUT2D eigenvalue weighted by Crippen LogP contribution is 2.29. The summed E-state index contributed by atoms with van der Waals surface area (Å²) in [5.41, 5.74) is 1.19. The normalized spacial score (nSPS) is 24.3. The molecule has 13 heavy (non-hydrogen) atoms. The second-order valence-electron chi connectivity index (χ2n) is 3.74. The molecule has 0 radical (unpaired) electrons. The van der Waals surface area contributed by atoms with Crippen LogP contribution in [0.15, 0.2) is 23.0 Å². The molecule has 2 nitrogen and oxygen atoms in total. The number of carbonyl (C=O) groups excluding carboxylic acids is 1. The second-order valence-corrected chi connectivity index (χ2v) is 3.74. The molecule has 0 aromatic carbocycles. The predicted molar refractivity (Wildman–Crippen MR) is 49.5 cm³/mol. The van der Waals surface area contributed by atoms with Gasteiger partial charge in [-0.15, -0.1) is 0 Å². The van der Waals surface area contributed by atoms with Crippen molar-refractivity contribution in [3.63, 3.8) is 0 Å². The Balaban J connectivity index is 2.09. The van der Waals surface area contributed by atoms with Crippen LogP contribution in [0.2, 0.25) is 0 Å². The Morgan fingerprint density at radius 2 is 2.31 bits per heavy atom. The van der Waals surface area contributed by atoms with Crippen molar-refractivity contribution in [1.29, 1.82) is 0 Å². The molecule has 1 saturated carbocycles. The molecule has 0 bridgehead atoms. The van der Waals surface area contributed by atoms with E-state index in [9.17, 15) is 4.79 Å². The molecule has 0 spiro atoms. The number of rotatable bonds is 1. The first kappa shape index (κ1) is 8.54. The molecule has 0 saturated heterocycles. The minimum atomic E-state index is 0.406. The van der Waals surface area contributed by atoms with Gasteiger partial charge in [-0.1, -0.05) is 6.42 Å². The lowest BCUT2D eigenvalue weighted by molar-refractivity contribution is -0.119. The van der Waals surface area contributed by atoms with Crippen molar-refractivity contribution in [2.75, 3.05) is 0 Å². The zero-order chi connectivity index (χ0) is 9.10. The van der Waals surface area contributed by atoms with Crippen LogP contribution in [0.25, 0.3) is 0 Å². The molecule has 0 amide bonds. The molecule has 1 aliphatic carbocycles. The average molecular weight is 178 g/mol. The summed E-state index contributed by atoms with van der Waals surface area (Å²) in [5.74, 6) is 0.817. The Bertz CT molecular complexity index is 274. The molecular formula is C11H14O2. The van der Waals surface area contributed by atoms with E-state index in [-0.39, 0.29) is 0 Å². The number of hydrogen-bond acceptors (Lipinski definition) is 2. The summed E-state index contributed by atoms with van der Waals surface area (Å²) in [5, 5.41) is 0. The summed E-state index contributed by atoms with van der Waals surface area (Å²) < 4.78 is 5.03. The van der Waals surface area contributed by atoms with Crippen LogP contribution in [-0.2, 0) is 4.79 Å². The van der Waals surface area contributed by atoms with Crippen molar-refractivity contribution in [2.24, 2.45) is 0 Å². The van der Waals surface area contributed by atoms with Gasteiger partial charge in [0.25, 0.3) is 0 Å². The van der Waals surface area contributed by atoms with Gasteiger partial charge in [-0.2, -0.15) is 0 Å². The van der Waals surface area contributed by atoms with E-state index in [4.69, 9.17) is 4.42 Å². The van der Waals surface area contributed by atoms with Gasteiger partial charge in [0.1, 0.15) is 5.78 Å². The lowest BCUT2D eigenvalue weighted by atomic mass is 9.94. The zero-order valence-electron chi connectivity index (χ0n) is 7.66. The van der Waals surface area contributed by atoms with Gasteiger partial charge in [0.15, 0.2) is 0 Å².